The number of piperidine rings is 1. The molecule has 4 nitrogen and oxygen atoms in total. The Hall–Kier alpha value is -1.17. The zero-order chi connectivity index (χ0) is 15.6. The summed E-state index contributed by atoms with van der Waals surface area (Å²) < 4.78 is 1.31. The standard InChI is InChI=1S/C18H26N4S/c1-20-9-11-21(12-10-20)13-15-5-4-8-22(14-15)18-19-16-6-2-3-7-17(16)23-18/h2-3,6-7,15H,4-5,8-14H2,1H3. The largest absolute Gasteiger partial charge is 0.348 e. The first kappa shape index (κ1) is 15.4. The van der Waals surface area contributed by atoms with Crippen LogP contribution in [0.1, 0.15) is 12.8 Å². The molecular weight excluding hydrogens is 304 g/mol. The highest BCUT2D eigenvalue weighted by Crippen LogP contribution is 2.31. The summed E-state index contributed by atoms with van der Waals surface area (Å²) in [6.07, 6.45) is 2.67. The van der Waals surface area contributed by atoms with Crippen molar-refractivity contribution in [3.63, 3.8) is 0 Å². The third-order valence-electron chi connectivity index (χ3n) is 5.18. The molecule has 1 atom stereocenters. The van der Waals surface area contributed by atoms with Crippen LogP contribution in [-0.4, -0.2) is 67.6 Å². The highest BCUT2D eigenvalue weighted by molar-refractivity contribution is 7.22. The summed E-state index contributed by atoms with van der Waals surface area (Å²) in [6.45, 7) is 8.49. The molecule has 0 aliphatic carbocycles. The van der Waals surface area contributed by atoms with Crippen LogP contribution in [0, 0.1) is 5.92 Å². The fourth-order valence-corrected chi connectivity index (χ4v) is 4.78. The van der Waals surface area contributed by atoms with Gasteiger partial charge < -0.3 is 14.7 Å². The van der Waals surface area contributed by atoms with Gasteiger partial charge in [0, 0.05) is 45.8 Å². The SMILES string of the molecule is CN1CCN(CC2CCCN(c3nc4ccccc4s3)C2)CC1. The monoisotopic (exact) mass is 330 g/mol. The van der Waals surface area contributed by atoms with Gasteiger partial charge in [0.15, 0.2) is 5.13 Å². The van der Waals surface area contributed by atoms with Crippen molar-refractivity contribution in [2.24, 2.45) is 5.92 Å². The van der Waals surface area contributed by atoms with Gasteiger partial charge in [-0.05, 0) is 37.9 Å². The first-order chi connectivity index (χ1) is 11.3. The average molecular weight is 331 g/mol. The van der Waals surface area contributed by atoms with Gasteiger partial charge in [0.2, 0.25) is 0 Å². The molecule has 1 aromatic heterocycles. The molecule has 1 aromatic carbocycles. The third-order valence-corrected chi connectivity index (χ3v) is 6.28. The molecule has 0 bridgehead atoms. The van der Waals surface area contributed by atoms with Crippen molar-refractivity contribution in [2.45, 2.75) is 12.8 Å². The van der Waals surface area contributed by atoms with Gasteiger partial charge in [-0.25, -0.2) is 4.98 Å². The number of para-hydroxylation sites is 1. The van der Waals surface area contributed by atoms with Crippen LogP contribution < -0.4 is 4.90 Å². The van der Waals surface area contributed by atoms with Crippen LogP contribution in [0.4, 0.5) is 5.13 Å². The van der Waals surface area contributed by atoms with Gasteiger partial charge in [0.05, 0.1) is 10.2 Å². The van der Waals surface area contributed by atoms with E-state index in [0.717, 1.165) is 11.4 Å². The van der Waals surface area contributed by atoms with Crippen molar-refractivity contribution in [2.75, 3.05) is 57.8 Å². The number of piperazine rings is 1. The summed E-state index contributed by atoms with van der Waals surface area (Å²) >= 11 is 1.85. The summed E-state index contributed by atoms with van der Waals surface area (Å²) in [4.78, 5) is 12.5. The van der Waals surface area contributed by atoms with Crippen molar-refractivity contribution < 1.29 is 0 Å². The Morgan fingerprint density at radius 3 is 2.78 bits per heavy atom. The lowest BCUT2D eigenvalue weighted by Gasteiger charge is -2.38. The minimum Gasteiger partial charge on any atom is -0.348 e. The van der Waals surface area contributed by atoms with E-state index in [-0.39, 0.29) is 0 Å². The van der Waals surface area contributed by atoms with E-state index in [1.165, 1.54) is 68.5 Å². The molecule has 2 aliphatic heterocycles. The molecule has 0 N–H and O–H groups in total. The van der Waals surface area contributed by atoms with E-state index in [0.29, 0.717) is 0 Å². The van der Waals surface area contributed by atoms with E-state index in [2.05, 4.69) is 46.0 Å². The number of aromatic nitrogens is 1. The summed E-state index contributed by atoms with van der Waals surface area (Å²) in [6, 6.07) is 8.50. The molecule has 23 heavy (non-hydrogen) atoms. The second-order valence-electron chi connectivity index (χ2n) is 7.02. The van der Waals surface area contributed by atoms with Gasteiger partial charge in [-0.15, -0.1) is 0 Å². The maximum absolute atomic E-state index is 4.85. The molecule has 2 fully saturated rings. The van der Waals surface area contributed by atoms with Crippen LogP contribution in [0.5, 0.6) is 0 Å². The Balaban J connectivity index is 1.40. The summed E-state index contributed by atoms with van der Waals surface area (Å²) in [5.41, 5.74) is 1.15. The van der Waals surface area contributed by atoms with Gasteiger partial charge in [0.1, 0.15) is 0 Å². The molecule has 2 aliphatic rings. The Labute approximate surface area is 142 Å². The number of hydrogen-bond acceptors (Lipinski definition) is 5. The molecular formula is C18H26N4S. The molecule has 0 saturated carbocycles. The maximum atomic E-state index is 4.85. The Bertz CT molecular complexity index is 614. The third kappa shape index (κ3) is 3.52. The lowest BCUT2D eigenvalue weighted by Crippen LogP contribution is -2.48. The summed E-state index contributed by atoms with van der Waals surface area (Å²) in [5, 5.41) is 1.22. The predicted octanol–water partition coefficient (Wildman–Crippen LogP) is 2.76. The van der Waals surface area contributed by atoms with Crippen LogP contribution in [0.2, 0.25) is 0 Å². The van der Waals surface area contributed by atoms with Crippen molar-refractivity contribution in [1.29, 1.82) is 0 Å². The molecule has 124 valence electrons. The van der Waals surface area contributed by atoms with Crippen molar-refractivity contribution in [1.82, 2.24) is 14.8 Å². The maximum Gasteiger partial charge on any atom is 0.186 e. The topological polar surface area (TPSA) is 22.6 Å². The molecule has 2 aromatic rings. The summed E-state index contributed by atoms with van der Waals surface area (Å²) in [5.74, 6) is 0.791. The number of benzene rings is 1. The summed E-state index contributed by atoms with van der Waals surface area (Å²) in [7, 11) is 2.23. The molecule has 3 heterocycles. The molecule has 2 saturated heterocycles. The van der Waals surface area contributed by atoms with Crippen molar-refractivity contribution in [3.05, 3.63) is 24.3 Å². The normalized spacial score (nSPS) is 24.4. The Morgan fingerprint density at radius 2 is 1.96 bits per heavy atom. The molecule has 1 unspecified atom stereocenters. The molecule has 4 rings (SSSR count). The fraction of sp³-hybridized carbons (Fsp3) is 0.611. The lowest BCUT2D eigenvalue weighted by atomic mass is 9.97. The van der Waals surface area contributed by atoms with Gasteiger partial charge in [-0.3, -0.25) is 0 Å². The van der Waals surface area contributed by atoms with Crippen LogP contribution in [0.25, 0.3) is 10.2 Å². The molecule has 0 amide bonds. The number of likely N-dealkylation sites (N-methyl/N-ethyl adjacent to an activating group) is 1. The number of nitrogens with zero attached hydrogens (tertiary/aromatic N) is 4. The van der Waals surface area contributed by atoms with E-state index in [9.17, 15) is 0 Å². The van der Waals surface area contributed by atoms with Crippen LogP contribution >= 0.6 is 11.3 Å². The van der Waals surface area contributed by atoms with E-state index >= 15 is 0 Å². The minimum atomic E-state index is 0.791. The minimum absolute atomic E-state index is 0.791. The van der Waals surface area contributed by atoms with Crippen molar-refractivity contribution in [3.8, 4) is 0 Å². The van der Waals surface area contributed by atoms with Crippen molar-refractivity contribution >= 4 is 26.7 Å². The second-order valence-corrected chi connectivity index (χ2v) is 8.03. The zero-order valence-electron chi connectivity index (χ0n) is 13.9. The zero-order valence-corrected chi connectivity index (χ0v) is 14.8. The Kier molecular flexibility index (Phi) is 4.51. The molecule has 0 spiro atoms. The Morgan fingerprint density at radius 1 is 1.13 bits per heavy atom. The van der Waals surface area contributed by atoms with Crippen LogP contribution in [-0.2, 0) is 0 Å². The number of thiazole rings is 1. The number of fused-ring (bicyclic) bond motifs is 1. The quantitative estimate of drug-likeness (QED) is 0.863. The number of hydrogen-bond donors (Lipinski definition) is 0. The van der Waals surface area contributed by atoms with E-state index < -0.39 is 0 Å². The van der Waals surface area contributed by atoms with Gasteiger partial charge in [0.25, 0.3) is 0 Å². The van der Waals surface area contributed by atoms with E-state index in [1.807, 2.05) is 11.3 Å². The van der Waals surface area contributed by atoms with Gasteiger partial charge >= 0.3 is 0 Å². The first-order valence-electron chi connectivity index (χ1n) is 8.79. The van der Waals surface area contributed by atoms with Crippen LogP contribution in [0.15, 0.2) is 24.3 Å². The predicted molar refractivity (Wildman–Crippen MR) is 98.5 cm³/mol. The highest BCUT2D eigenvalue weighted by atomic mass is 32.1. The van der Waals surface area contributed by atoms with E-state index in [4.69, 9.17) is 4.98 Å². The average Bonchev–Trinajstić information content (AvgIpc) is 3.01. The second kappa shape index (κ2) is 6.75. The highest BCUT2D eigenvalue weighted by Gasteiger charge is 2.25. The smallest absolute Gasteiger partial charge is 0.186 e. The lowest BCUT2D eigenvalue weighted by molar-refractivity contribution is 0.131. The van der Waals surface area contributed by atoms with E-state index in [1.54, 1.807) is 0 Å². The molecule has 0 radical (unpaired) electrons. The van der Waals surface area contributed by atoms with Gasteiger partial charge in [-0.2, -0.15) is 0 Å². The molecule has 5 heteroatoms. The number of anilines is 1. The fourth-order valence-electron chi connectivity index (χ4n) is 3.78. The number of rotatable bonds is 3. The van der Waals surface area contributed by atoms with Gasteiger partial charge in [-0.1, -0.05) is 23.5 Å². The van der Waals surface area contributed by atoms with Crippen LogP contribution in [0.3, 0.4) is 0 Å². The first-order valence-corrected chi connectivity index (χ1v) is 9.61.